The number of hydrogen-bond donors (Lipinski definition) is 1. The molecule has 10 heteroatoms. The van der Waals surface area contributed by atoms with E-state index in [1.807, 2.05) is 0 Å². The van der Waals surface area contributed by atoms with Crippen molar-refractivity contribution in [1.82, 2.24) is 19.7 Å². The van der Waals surface area contributed by atoms with Crippen molar-refractivity contribution in [3.63, 3.8) is 0 Å². The van der Waals surface area contributed by atoms with Crippen molar-refractivity contribution in [2.24, 2.45) is 0 Å². The first-order valence-corrected chi connectivity index (χ1v) is 10.5. The number of nitrogens with zero attached hydrogens (tertiary/aromatic N) is 3. The molecule has 1 aromatic heterocycles. The number of carbonyl (C=O) groups excluding carboxylic acids is 1. The van der Waals surface area contributed by atoms with Gasteiger partial charge in [-0.3, -0.25) is 9.36 Å². The maximum Gasteiger partial charge on any atom is 0.416 e. The highest BCUT2D eigenvalue weighted by atomic mass is 35.5. The minimum atomic E-state index is -4.41. The average molecular weight is 465 g/mol. The minimum absolute atomic E-state index is 0.0610. The zero-order valence-electron chi connectivity index (χ0n) is 16.9. The number of carbonyl (C=O) groups is 1. The molecule has 1 saturated carbocycles. The van der Waals surface area contributed by atoms with E-state index in [0.717, 1.165) is 35.2 Å². The SMILES string of the molecule is O=C(Cn1nc(-c2ccc(Cl)cc2)n(C2CC2)c1=O)NCCc1cccc(C(F)(F)F)c1. The molecule has 0 unspecified atom stereocenters. The predicted octanol–water partition coefficient (Wildman–Crippen LogP) is 4.08. The summed E-state index contributed by atoms with van der Waals surface area (Å²) in [6.45, 7) is -0.135. The van der Waals surface area contributed by atoms with Gasteiger partial charge >= 0.3 is 11.9 Å². The zero-order valence-corrected chi connectivity index (χ0v) is 17.7. The number of amides is 1. The van der Waals surface area contributed by atoms with Gasteiger partial charge in [0, 0.05) is 23.2 Å². The second kappa shape index (κ2) is 8.82. The second-order valence-corrected chi connectivity index (χ2v) is 8.11. The van der Waals surface area contributed by atoms with Gasteiger partial charge in [-0.15, -0.1) is 5.10 Å². The Morgan fingerprint density at radius 3 is 2.53 bits per heavy atom. The molecule has 0 radical (unpaired) electrons. The van der Waals surface area contributed by atoms with Gasteiger partial charge in [0.1, 0.15) is 6.54 Å². The fourth-order valence-corrected chi connectivity index (χ4v) is 3.55. The van der Waals surface area contributed by atoms with Crippen LogP contribution in [0.25, 0.3) is 11.4 Å². The molecule has 2 aromatic carbocycles. The Balaban J connectivity index is 1.42. The Kier molecular flexibility index (Phi) is 6.10. The second-order valence-electron chi connectivity index (χ2n) is 7.67. The first-order chi connectivity index (χ1) is 15.2. The summed E-state index contributed by atoms with van der Waals surface area (Å²) in [4.78, 5) is 25.2. The van der Waals surface area contributed by atoms with Crippen LogP contribution in [0.5, 0.6) is 0 Å². The number of halogens is 4. The van der Waals surface area contributed by atoms with Gasteiger partial charge in [0.15, 0.2) is 5.82 Å². The van der Waals surface area contributed by atoms with E-state index in [-0.39, 0.29) is 31.2 Å². The predicted molar refractivity (Wildman–Crippen MR) is 113 cm³/mol. The Morgan fingerprint density at radius 1 is 1.16 bits per heavy atom. The highest BCUT2D eigenvalue weighted by Gasteiger charge is 2.31. The minimum Gasteiger partial charge on any atom is -0.354 e. The molecule has 1 N–H and O–H groups in total. The Labute approximate surface area is 186 Å². The van der Waals surface area contributed by atoms with E-state index in [1.54, 1.807) is 34.9 Å². The lowest BCUT2D eigenvalue weighted by molar-refractivity contribution is -0.137. The van der Waals surface area contributed by atoms with Crippen molar-refractivity contribution in [2.45, 2.75) is 38.0 Å². The molecule has 0 bridgehead atoms. The zero-order chi connectivity index (χ0) is 22.9. The van der Waals surface area contributed by atoms with Crippen molar-refractivity contribution < 1.29 is 18.0 Å². The van der Waals surface area contributed by atoms with Gasteiger partial charge in [-0.05, 0) is 55.2 Å². The fourth-order valence-electron chi connectivity index (χ4n) is 3.42. The summed E-state index contributed by atoms with van der Waals surface area (Å²) in [6.07, 6.45) is -2.44. The molecule has 32 heavy (non-hydrogen) atoms. The Hall–Kier alpha value is -3.07. The molecule has 1 aliphatic carbocycles. The van der Waals surface area contributed by atoms with E-state index in [2.05, 4.69) is 10.4 Å². The molecule has 1 fully saturated rings. The summed E-state index contributed by atoms with van der Waals surface area (Å²) in [6, 6.07) is 12.0. The molecule has 0 spiro atoms. The number of nitrogens with one attached hydrogen (secondary N) is 1. The molecule has 1 heterocycles. The highest BCUT2D eigenvalue weighted by Crippen LogP contribution is 2.36. The lowest BCUT2D eigenvalue weighted by Crippen LogP contribution is -2.34. The van der Waals surface area contributed by atoms with Crippen molar-refractivity contribution in [2.75, 3.05) is 6.54 Å². The largest absolute Gasteiger partial charge is 0.416 e. The number of alkyl halides is 3. The van der Waals surface area contributed by atoms with Crippen LogP contribution < -0.4 is 11.0 Å². The molecule has 6 nitrogen and oxygen atoms in total. The van der Waals surface area contributed by atoms with Crippen LogP contribution >= 0.6 is 11.6 Å². The number of aromatic nitrogens is 3. The summed E-state index contributed by atoms with van der Waals surface area (Å²) in [7, 11) is 0. The van der Waals surface area contributed by atoms with Gasteiger partial charge in [0.05, 0.1) is 5.56 Å². The first kappa shape index (κ1) is 22.1. The molecule has 4 rings (SSSR count). The summed E-state index contributed by atoms with van der Waals surface area (Å²) in [5, 5.41) is 7.56. The Bertz CT molecular complexity index is 1180. The molecule has 1 aliphatic rings. The molecular formula is C22H20ClF3N4O2. The molecule has 168 valence electrons. The van der Waals surface area contributed by atoms with Crippen molar-refractivity contribution in [3.05, 3.63) is 75.2 Å². The average Bonchev–Trinajstić information content (AvgIpc) is 3.53. The number of rotatable bonds is 7. The number of hydrogen-bond acceptors (Lipinski definition) is 3. The van der Waals surface area contributed by atoms with Crippen LogP contribution in [0.4, 0.5) is 13.2 Å². The van der Waals surface area contributed by atoms with Gasteiger partial charge < -0.3 is 5.32 Å². The van der Waals surface area contributed by atoms with Gasteiger partial charge in [-0.1, -0.05) is 29.8 Å². The normalized spacial score (nSPS) is 13.9. The van der Waals surface area contributed by atoms with Crippen LogP contribution in [0.2, 0.25) is 5.02 Å². The van der Waals surface area contributed by atoms with Crippen LogP contribution in [-0.2, 0) is 23.9 Å². The van der Waals surface area contributed by atoms with Gasteiger partial charge in [-0.25, -0.2) is 9.48 Å². The maximum absolute atomic E-state index is 12.8. The van der Waals surface area contributed by atoms with Crippen LogP contribution in [0.3, 0.4) is 0 Å². The van der Waals surface area contributed by atoms with Crippen LogP contribution in [0, 0.1) is 0 Å². The van der Waals surface area contributed by atoms with Crippen LogP contribution in [-0.4, -0.2) is 26.8 Å². The molecule has 0 aliphatic heterocycles. The standard InChI is InChI=1S/C22H20ClF3N4O2/c23-17-6-4-15(5-7-17)20-28-29(21(32)30(20)18-8-9-18)13-19(31)27-11-10-14-2-1-3-16(12-14)22(24,25)26/h1-7,12,18H,8-11,13H2,(H,27,31). The third kappa shape index (κ3) is 5.04. The van der Waals surface area contributed by atoms with Crippen molar-refractivity contribution in [1.29, 1.82) is 0 Å². The first-order valence-electron chi connectivity index (χ1n) is 10.1. The summed E-state index contributed by atoms with van der Waals surface area (Å²) >= 11 is 5.94. The van der Waals surface area contributed by atoms with E-state index in [9.17, 15) is 22.8 Å². The molecule has 0 atom stereocenters. The third-order valence-corrected chi connectivity index (χ3v) is 5.42. The van der Waals surface area contributed by atoms with E-state index >= 15 is 0 Å². The van der Waals surface area contributed by atoms with Gasteiger partial charge in [-0.2, -0.15) is 13.2 Å². The van der Waals surface area contributed by atoms with Crippen LogP contribution in [0.15, 0.2) is 53.3 Å². The summed E-state index contributed by atoms with van der Waals surface area (Å²) in [5.41, 5.74) is 0.0844. The van der Waals surface area contributed by atoms with Crippen LogP contribution in [0.1, 0.15) is 30.0 Å². The summed E-state index contributed by atoms with van der Waals surface area (Å²) in [5.74, 6) is 0.0353. The van der Waals surface area contributed by atoms with E-state index in [1.165, 1.54) is 6.07 Å². The highest BCUT2D eigenvalue weighted by molar-refractivity contribution is 6.30. The smallest absolute Gasteiger partial charge is 0.354 e. The quantitative estimate of drug-likeness (QED) is 0.573. The number of benzene rings is 2. The lowest BCUT2D eigenvalue weighted by Gasteiger charge is -2.09. The molecule has 3 aromatic rings. The van der Waals surface area contributed by atoms with Gasteiger partial charge in [0.2, 0.25) is 5.91 Å². The summed E-state index contributed by atoms with van der Waals surface area (Å²) < 4.78 is 41.2. The topological polar surface area (TPSA) is 68.9 Å². The molecular weight excluding hydrogens is 445 g/mol. The van der Waals surface area contributed by atoms with Crippen molar-refractivity contribution >= 4 is 17.5 Å². The monoisotopic (exact) mass is 464 g/mol. The lowest BCUT2D eigenvalue weighted by atomic mass is 10.1. The Morgan fingerprint density at radius 2 is 1.88 bits per heavy atom. The maximum atomic E-state index is 12.8. The fraction of sp³-hybridized carbons (Fsp3) is 0.318. The molecule has 1 amide bonds. The van der Waals surface area contributed by atoms with Crippen molar-refractivity contribution in [3.8, 4) is 11.4 Å². The van der Waals surface area contributed by atoms with Gasteiger partial charge in [0.25, 0.3) is 0 Å². The third-order valence-electron chi connectivity index (χ3n) is 5.17. The molecule has 0 saturated heterocycles. The van der Waals surface area contributed by atoms with E-state index in [0.29, 0.717) is 16.4 Å². The van der Waals surface area contributed by atoms with E-state index < -0.39 is 17.6 Å². The van der Waals surface area contributed by atoms with E-state index in [4.69, 9.17) is 11.6 Å².